The maximum absolute atomic E-state index is 13.3. The van der Waals surface area contributed by atoms with Crippen molar-refractivity contribution in [2.75, 3.05) is 0 Å². The molecule has 7 nitrogen and oxygen atoms in total. The molecule has 0 bridgehead atoms. The first-order chi connectivity index (χ1) is 16.8. The molecule has 0 aliphatic rings. The van der Waals surface area contributed by atoms with E-state index in [-0.39, 0.29) is 11.5 Å². The Labute approximate surface area is 212 Å². The van der Waals surface area contributed by atoms with E-state index >= 15 is 0 Å². The summed E-state index contributed by atoms with van der Waals surface area (Å²) in [5, 5.41) is 5.12. The van der Waals surface area contributed by atoms with Crippen LogP contribution in [0.25, 0.3) is 16.6 Å². The SMILES string of the molecule is CCCCc1nc2ccc(Br)cc2c(=O)n1N=Cc1cc(C)n(-c2ccc(OC(C)=O)cc2)c1C. The number of hydrogen-bond donors (Lipinski definition) is 0. The number of carbonyl (C=O) groups is 1. The summed E-state index contributed by atoms with van der Waals surface area (Å²) in [5.74, 6) is 0.798. The molecule has 4 aromatic rings. The molecule has 0 atom stereocenters. The van der Waals surface area contributed by atoms with Crippen molar-refractivity contribution in [2.24, 2.45) is 5.10 Å². The van der Waals surface area contributed by atoms with Crippen LogP contribution in [0.4, 0.5) is 0 Å². The van der Waals surface area contributed by atoms with E-state index in [0.717, 1.165) is 40.0 Å². The van der Waals surface area contributed by atoms with Crippen LogP contribution in [-0.2, 0) is 11.2 Å². The molecule has 0 saturated carbocycles. The monoisotopic (exact) mass is 534 g/mol. The number of carbonyl (C=O) groups excluding carboxylic acids is 1. The van der Waals surface area contributed by atoms with Gasteiger partial charge in [-0.1, -0.05) is 29.3 Å². The van der Waals surface area contributed by atoms with E-state index in [1.807, 2.05) is 44.2 Å². The first-order valence-corrected chi connectivity index (χ1v) is 12.3. The van der Waals surface area contributed by atoms with Crippen molar-refractivity contribution in [2.45, 2.75) is 47.0 Å². The predicted molar refractivity (Wildman–Crippen MR) is 142 cm³/mol. The van der Waals surface area contributed by atoms with Gasteiger partial charge in [-0.3, -0.25) is 9.59 Å². The summed E-state index contributed by atoms with van der Waals surface area (Å²) < 4.78 is 9.47. The van der Waals surface area contributed by atoms with Crippen LogP contribution in [0, 0.1) is 13.8 Å². The number of esters is 1. The molecule has 0 N–H and O–H groups in total. The van der Waals surface area contributed by atoms with Crippen molar-refractivity contribution in [3.05, 3.63) is 86.1 Å². The summed E-state index contributed by atoms with van der Waals surface area (Å²) in [6.07, 6.45) is 4.30. The van der Waals surface area contributed by atoms with Gasteiger partial charge in [-0.25, -0.2) is 4.98 Å². The number of aryl methyl sites for hydroxylation is 2. The second kappa shape index (κ2) is 10.4. The fourth-order valence-corrected chi connectivity index (χ4v) is 4.44. The Morgan fingerprint density at radius 1 is 1.14 bits per heavy atom. The molecule has 0 radical (unpaired) electrons. The number of aromatic nitrogens is 3. The molecule has 2 heterocycles. The van der Waals surface area contributed by atoms with Gasteiger partial charge in [0.2, 0.25) is 0 Å². The van der Waals surface area contributed by atoms with Gasteiger partial charge >= 0.3 is 5.97 Å². The first kappa shape index (κ1) is 24.6. The van der Waals surface area contributed by atoms with Crippen molar-refractivity contribution in [3.63, 3.8) is 0 Å². The summed E-state index contributed by atoms with van der Waals surface area (Å²) in [4.78, 5) is 29.2. The average molecular weight is 535 g/mol. The van der Waals surface area contributed by atoms with Gasteiger partial charge in [0.15, 0.2) is 0 Å². The lowest BCUT2D eigenvalue weighted by molar-refractivity contribution is -0.131. The van der Waals surface area contributed by atoms with Crippen LogP contribution in [0.15, 0.2) is 62.9 Å². The highest BCUT2D eigenvalue weighted by atomic mass is 79.9. The highest BCUT2D eigenvalue weighted by Gasteiger charge is 2.13. The number of benzene rings is 2. The van der Waals surface area contributed by atoms with Crippen molar-refractivity contribution in [1.29, 1.82) is 0 Å². The van der Waals surface area contributed by atoms with Crippen molar-refractivity contribution < 1.29 is 9.53 Å². The quantitative estimate of drug-likeness (QED) is 0.172. The number of nitrogens with zero attached hydrogens (tertiary/aromatic N) is 4. The smallest absolute Gasteiger partial charge is 0.308 e. The van der Waals surface area contributed by atoms with Crippen LogP contribution >= 0.6 is 15.9 Å². The highest BCUT2D eigenvalue weighted by Crippen LogP contribution is 2.22. The summed E-state index contributed by atoms with van der Waals surface area (Å²) >= 11 is 3.44. The van der Waals surface area contributed by atoms with Gasteiger partial charge < -0.3 is 9.30 Å². The molecule has 0 saturated heterocycles. The summed E-state index contributed by atoms with van der Waals surface area (Å²) in [7, 11) is 0. The maximum Gasteiger partial charge on any atom is 0.308 e. The van der Waals surface area contributed by atoms with Crippen LogP contribution in [-0.4, -0.2) is 26.4 Å². The third-order valence-electron chi connectivity index (χ3n) is 5.77. The molecule has 0 unspecified atom stereocenters. The molecule has 8 heteroatoms. The number of rotatable bonds is 7. The van der Waals surface area contributed by atoms with E-state index in [0.29, 0.717) is 28.9 Å². The molecular weight excluding hydrogens is 508 g/mol. The van der Waals surface area contributed by atoms with Gasteiger partial charge in [0, 0.05) is 40.5 Å². The van der Waals surface area contributed by atoms with E-state index in [1.165, 1.54) is 11.6 Å². The Bertz CT molecular complexity index is 1480. The number of ether oxygens (including phenoxy) is 1. The van der Waals surface area contributed by atoms with Crippen molar-refractivity contribution in [3.8, 4) is 11.4 Å². The third kappa shape index (κ3) is 5.27. The Morgan fingerprint density at radius 3 is 2.57 bits per heavy atom. The normalized spacial score (nSPS) is 11.5. The number of hydrogen-bond acceptors (Lipinski definition) is 5. The Kier molecular flexibility index (Phi) is 7.31. The molecule has 35 heavy (non-hydrogen) atoms. The van der Waals surface area contributed by atoms with Crippen LogP contribution in [0.2, 0.25) is 0 Å². The first-order valence-electron chi connectivity index (χ1n) is 11.5. The molecule has 0 aliphatic carbocycles. The minimum absolute atomic E-state index is 0.187. The minimum Gasteiger partial charge on any atom is -0.427 e. The number of fused-ring (bicyclic) bond motifs is 1. The van der Waals surface area contributed by atoms with Gasteiger partial charge in [-0.2, -0.15) is 9.78 Å². The second-order valence-electron chi connectivity index (χ2n) is 8.40. The van der Waals surface area contributed by atoms with Gasteiger partial charge in [0.25, 0.3) is 5.56 Å². The Balaban J connectivity index is 1.73. The summed E-state index contributed by atoms with van der Waals surface area (Å²) in [5.41, 5.74) is 4.32. The van der Waals surface area contributed by atoms with Crippen LogP contribution in [0.3, 0.4) is 0 Å². The van der Waals surface area contributed by atoms with E-state index in [4.69, 9.17) is 9.72 Å². The minimum atomic E-state index is -0.353. The lowest BCUT2D eigenvalue weighted by Gasteiger charge is -2.11. The molecule has 0 spiro atoms. The molecular formula is C27H27BrN4O3. The van der Waals surface area contributed by atoms with E-state index in [2.05, 4.69) is 32.5 Å². The zero-order valence-electron chi connectivity index (χ0n) is 20.2. The predicted octanol–water partition coefficient (Wildman–Crippen LogP) is 5.72. The molecule has 0 amide bonds. The van der Waals surface area contributed by atoms with Gasteiger partial charge in [-0.15, -0.1) is 0 Å². The van der Waals surface area contributed by atoms with E-state index in [1.54, 1.807) is 24.4 Å². The molecule has 180 valence electrons. The van der Waals surface area contributed by atoms with Crippen molar-refractivity contribution >= 4 is 39.0 Å². The fourth-order valence-electron chi connectivity index (χ4n) is 4.08. The lowest BCUT2D eigenvalue weighted by atomic mass is 10.2. The fraction of sp³-hybridized carbons (Fsp3) is 0.259. The Hall–Kier alpha value is -3.52. The summed E-state index contributed by atoms with van der Waals surface area (Å²) in [6, 6.07) is 14.9. The largest absolute Gasteiger partial charge is 0.427 e. The number of unbranched alkanes of at least 4 members (excludes halogenated alkanes) is 1. The van der Waals surface area contributed by atoms with Gasteiger partial charge in [-0.05, 0) is 68.8 Å². The maximum atomic E-state index is 13.3. The third-order valence-corrected chi connectivity index (χ3v) is 6.26. The van der Waals surface area contributed by atoms with E-state index in [9.17, 15) is 9.59 Å². The zero-order chi connectivity index (χ0) is 25.1. The summed E-state index contributed by atoms with van der Waals surface area (Å²) in [6.45, 7) is 7.50. The topological polar surface area (TPSA) is 78.5 Å². The molecule has 2 aromatic carbocycles. The second-order valence-corrected chi connectivity index (χ2v) is 9.32. The molecule has 2 aromatic heterocycles. The van der Waals surface area contributed by atoms with Gasteiger partial charge in [0.05, 0.1) is 17.1 Å². The standard InChI is InChI=1S/C27H27BrN4O3/c1-5-6-7-26-30-25-13-8-21(28)15-24(25)27(34)32(26)29-16-20-14-17(2)31(18(20)3)22-9-11-23(12-10-22)35-19(4)33/h8-16H,5-7H2,1-4H3. The van der Waals surface area contributed by atoms with Crippen molar-refractivity contribution in [1.82, 2.24) is 14.2 Å². The van der Waals surface area contributed by atoms with E-state index < -0.39 is 0 Å². The zero-order valence-corrected chi connectivity index (χ0v) is 21.8. The van der Waals surface area contributed by atoms with Crippen LogP contribution < -0.4 is 10.3 Å². The van der Waals surface area contributed by atoms with Crippen LogP contribution in [0.5, 0.6) is 5.75 Å². The lowest BCUT2D eigenvalue weighted by Crippen LogP contribution is -2.22. The molecule has 4 rings (SSSR count). The molecule has 0 fully saturated rings. The number of halogens is 1. The highest BCUT2D eigenvalue weighted by molar-refractivity contribution is 9.10. The van der Waals surface area contributed by atoms with Crippen LogP contribution in [0.1, 0.15) is 49.5 Å². The molecule has 0 aliphatic heterocycles. The average Bonchev–Trinajstić information content (AvgIpc) is 3.10. The van der Waals surface area contributed by atoms with Gasteiger partial charge in [0.1, 0.15) is 11.6 Å². The Morgan fingerprint density at radius 2 is 1.89 bits per heavy atom.